The number of aromatic nitrogens is 2. The molecule has 0 spiro atoms. The first-order valence-corrected chi connectivity index (χ1v) is 10.9. The normalized spacial score (nSPS) is 17.2. The fourth-order valence-electron chi connectivity index (χ4n) is 2.93. The lowest BCUT2D eigenvalue weighted by Crippen LogP contribution is -2.25. The van der Waals surface area contributed by atoms with Gasteiger partial charge in [-0.25, -0.2) is 4.98 Å². The molecular weight excluding hydrogens is 384 g/mol. The van der Waals surface area contributed by atoms with Crippen LogP contribution in [-0.2, 0) is 22.4 Å². The summed E-state index contributed by atoms with van der Waals surface area (Å²) < 4.78 is 4.92. The van der Waals surface area contributed by atoms with Crippen LogP contribution in [0.5, 0.6) is 0 Å². The lowest BCUT2D eigenvalue weighted by Gasteiger charge is -2.18. The molecule has 2 aromatic heterocycles. The van der Waals surface area contributed by atoms with Crippen LogP contribution in [0.15, 0.2) is 10.6 Å². The molecule has 2 atom stereocenters. The van der Waals surface area contributed by atoms with E-state index in [1.807, 2.05) is 0 Å². The molecule has 9 heteroatoms. The zero-order chi connectivity index (χ0) is 19.4. The molecule has 3 rings (SSSR count). The van der Waals surface area contributed by atoms with Crippen LogP contribution in [0.1, 0.15) is 43.0 Å². The predicted molar refractivity (Wildman–Crippen MR) is 108 cm³/mol. The van der Waals surface area contributed by atoms with Gasteiger partial charge in [-0.15, -0.1) is 23.1 Å². The predicted octanol–water partition coefficient (Wildman–Crippen LogP) is 3.65. The molecule has 0 aromatic carbocycles. The molecule has 0 radical (unpaired) electrons. The van der Waals surface area contributed by atoms with E-state index in [2.05, 4.69) is 27.7 Å². The van der Waals surface area contributed by atoms with Crippen molar-refractivity contribution in [3.05, 3.63) is 22.4 Å². The molecule has 0 bridgehead atoms. The van der Waals surface area contributed by atoms with Crippen molar-refractivity contribution in [2.75, 3.05) is 16.4 Å². The zero-order valence-corrected chi connectivity index (χ0v) is 17.3. The van der Waals surface area contributed by atoms with Crippen molar-refractivity contribution in [1.29, 1.82) is 0 Å². The molecule has 0 aliphatic heterocycles. The Morgan fingerprint density at radius 1 is 1.44 bits per heavy atom. The van der Waals surface area contributed by atoms with Gasteiger partial charge in [0.05, 0.1) is 16.7 Å². The first-order chi connectivity index (χ1) is 12.9. The van der Waals surface area contributed by atoms with Gasteiger partial charge < -0.3 is 15.2 Å². The fourth-order valence-corrected chi connectivity index (χ4v) is 4.75. The number of fused-ring (bicyclic) bond motifs is 1. The van der Waals surface area contributed by atoms with Crippen LogP contribution in [0.4, 0.5) is 10.9 Å². The smallest absolute Gasteiger partial charge is 0.238 e. The van der Waals surface area contributed by atoms with E-state index in [9.17, 15) is 9.59 Å². The van der Waals surface area contributed by atoms with Crippen molar-refractivity contribution in [2.24, 2.45) is 5.92 Å². The Labute approximate surface area is 166 Å². The number of rotatable bonds is 7. The highest BCUT2D eigenvalue weighted by Crippen LogP contribution is 2.33. The van der Waals surface area contributed by atoms with Crippen LogP contribution in [-0.4, -0.2) is 33.0 Å². The van der Waals surface area contributed by atoms with E-state index >= 15 is 0 Å². The number of aryl methyl sites for hydroxylation is 2. The van der Waals surface area contributed by atoms with E-state index in [1.165, 1.54) is 29.5 Å². The minimum atomic E-state index is -0.387. The zero-order valence-electron chi connectivity index (χ0n) is 15.7. The number of carbonyl (C=O) groups is 2. The largest absolute Gasteiger partial charge is 0.360 e. The van der Waals surface area contributed by atoms with E-state index in [0.717, 1.165) is 24.5 Å². The average molecular weight is 409 g/mol. The van der Waals surface area contributed by atoms with E-state index in [4.69, 9.17) is 4.52 Å². The topological polar surface area (TPSA) is 97.1 Å². The lowest BCUT2D eigenvalue weighted by atomic mass is 9.89. The third-order valence-corrected chi connectivity index (χ3v) is 6.76. The van der Waals surface area contributed by atoms with Gasteiger partial charge in [-0.2, -0.15) is 0 Å². The molecule has 0 fully saturated rings. The molecule has 7 nitrogen and oxygen atoms in total. The van der Waals surface area contributed by atoms with Crippen molar-refractivity contribution in [2.45, 2.75) is 51.7 Å². The lowest BCUT2D eigenvalue weighted by molar-refractivity contribution is -0.115. The molecule has 0 unspecified atom stereocenters. The molecule has 2 amide bonds. The molecule has 1 aliphatic carbocycles. The highest BCUT2D eigenvalue weighted by molar-refractivity contribution is 8.01. The van der Waals surface area contributed by atoms with E-state index in [1.54, 1.807) is 31.3 Å². The Kier molecular flexibility index (Phi) is 6.54. The number of amides is 2. The van der Waals surface area contributed by atoms with Gasteiger partial charge >= 0.3 is 0 Å². The molecule has 0 saturated carbocycles. The van der Waals surface area contributed by atoms with E-state index in [-0.39, 0.29) is 22.8 Å². The highest BCUT2D eigenvalue weighted by Gasteiger charge is 2.22. The minimum absolute atomic E-state index is 0.143. The van der Waals surface area contributed by atoms with Gasteiger partial charge in [-0.1, -0.05) is 18.5 Å². The van der Waals surface area contributed by atoms with Gasteiger partial charge in [-0.05, 0) is 39.0 Å². The first kappa shape index (κ1) is 19.9. The molecule has 0 saturated heterocycles. The second-order valence-electron chi connectivity index (χ2n) is 6.72. The quantitative estimate of drug-likeness (QED) is 0.726. The summed E-state index contributed by atoms with van der Waals surface area (Å²) in [7, 11) is 0. The maximum atomic E-state index is 12.2. The summed E-state index contributed by atoms with van der Waals surface area (Å²) in [6, 6.07) is 1.65. The Morgan fingerprint density at radius 3 is 2.96 bits per heavy atom. The molecule has 1 aliphatic rings. The standard InChI is InChI=1S/C18H24N4O3S2/c1-4-12-5-6-13-14(8-12)27-18(19-13)21-16(23)9-26-11(3)17(24)20-15-7-10(2)25-22-15/h7,11-12H,4-6,8-9H2,1-3H3,(H,19,21,23)(H,20,22,24)/t11-,12-/m1/s1. The van der Waals surface area contributed by atoms with Crippen molar-refractivity contribution in [1.82, 2.24) is 10.1 Å². The van der Waals surface area contributed by atoms with Gasteiger partial charge in [-0.3, -0.25) is 9.59 Å². The van der Waals surface area contributed by atoms with Gasteiger partial charge in [0.1, 0.15) is 5.76 Å². The van der Waals surface area contributed by atoms with Crippen LogP contribution >= 0.6 is 23.1 Å². The molecule has 27 heavy (non-hydrogen) atoms. The second-order valence-corrected chi connectivity index (χ2v) is 9.13. The summed E-state index contributed by atoms with van der Waals surface area (Å²) in [6.45, 7) is 5.73. The molecule has 146 valence electrons. The van der Waals surface area contributed by atoms with Crippen LogP contribution in [0.25, 0.3) is 0 Å². The SMILES string of the molecule is CC[C@@H]1CCc2nc(NC(=O)CS[C@H](C)C(=O)Nc3cc(C)on3)sc2C1. The van der Waals surface area contributed by atoms with E-state index in [0.29, 0.717) is 16.7 Å². The summed E-state index contributed by atoms with van der Waals surface area (Å²) in [5.41, 5.74) is 1.13. The number of thiazole rings is 1. The van der Waals surface area contributed by atoms with Gasteiger partial charge in [0, 0.05) is 10.9 Å². The Hall–Kier alpha value is -1.87. The number of nitrogens with zero attached hydrogens (tertiary/aromatic N) is 2. The molecule has 2 N–H and O–H groups in total. The van der Waals surface area contributed by atoms with Crippen LogP contribution < -0.4 is 10.6 Å². The number of carbonyl (C=O) groups excluding carboxylic acids is 2. The van der Waals surface area contributed by atoms with Gasteiger partial charge in [0.15, 0.2) is 10.9 Å². The van der Waals surface area contributed by atoms with Crippen LogP contribution in [0, 0.1) is 12.8 Å². The van der Waals surface area contributed by atoms with Crippen molar-refractivity contribution in [3.8, 4) is 0 Å². The number of hydrogen-bond acceptors (Lipinski definition) is 7. The number of nitrogens with one attached hydrogen (secondary N) is 2. The van der Waals surface area contributed by atoms with Gasteiger partial charge in [0.25, 0.3) is 0 Å². The molecule has 2 heterocycles. The number of thioether (sulfide) groups is 1. The molecule has 2 aromatic rings. The molecular formula is C18H24N4O3S2. The second kappa shape index (κ2) is 8.88. The maximum absolute atomic E-state index is 12.2. The summed E-state index contributed by atoms with van der Waals surface area (Å²) >= 11 is 2.85. The summed E-state index contributed by atoms with van der Waals surface area (Å²) in [6.07, 6.45) is 4.41. The monoisotopic (exact) mass is 408 g/mol. The Bertz CT molecular complexity index is 817. The first-order valence-electron chi connectivity index (χ1n) is 9.08. The summed E-state index contributed by atoms with van der Waals surface area (Å²) in [5, 5.41) is 9.55. The average Bonchev–Trinajstić information content (AvgIpc) is 3.23. The van der Waals surface area contributed by atoms with Crippen molar-refractivity contribution < 1.29 is 14.1 Å². The fraction of sp³-hybridized carbons (Fsp3) is 0.556. The third kappa shape index (κ3) is 5.32. The minimum Gasteiger partial charge on any atom is -0.360 e. The van der Waals surface area contributed by atoms with Crippen molar-refractivity contribution in [3.63, 3.8) is 0 Å². The Morgan fingerprint density at radius 2 is 2.26 bits per heavy atom. The highest BCUT2D eigenvalue weighted by atomic mass is 32.2. The summed E-state index contributed by atoms with van der Waals surface area (Å²) in [4.78, 5) is 30.2. The maximum Gasteiger partial charge on any atom is 0.238 e. The number of anilines is 2. The third-order valence-electron chi connectivity index (χ3n) is 4.58. The summed E-state index contributed by atoms with van der Waals surface area (Å²) in [5.74, 6) is 1.57. The van der Waals surface area contributed by atoms with Crippen molar-refractivity contribution >= 4 is 45.9 Å². The van der Waals surface area contributed by atoms with Crippen LogP contribution in [0.2, 0.25) is 0 Å². The number of hydrogen-bond donors (Lipinski definition) is 2. The van der Waals surface area contributed by atoms with E-state index < -0.39 is 0 Å². The van der Waals surface area contributed by atoms with Gasteiger partial charge in [0.2, 0.25) is 11.8 Å². The van der Waals surface area contributed by atoms with Crippen LogP contribution in [0.3, 0.4) is 0 Å². The Balaban J connectivity index is 1.45.